The number of nitrogens with zero attached hydrogens (tertiary/aromatic N) is 4. The van der Waals surface area contributed by atoms with E-state index >= 15 is 0 Å². The maximum absolute atomic E-state index is 5.16. The number of aromatic nitrogens is 3. The van der Waals surface area contributed by atoms with Crippen molar-refractivity contribution in [2.75, 3.05) is 13.7 Å². The van der Waals surface area contributed by atoms with Gasteiger partial charge in [-0.3, -0.25) is 9.56 Å². The van der Waals surface area contributed by atoms with Crippen LogP contribution in [0.4, 0.5) is 0 Å². The Morgan fingerprint density at radius 1 is 1.31 bits per heavy atom. The number of hydrogen-bond donors (Lipinski definition) is 0. The highest BCUT2D eigenvalue weighted by molar-refractivity contribution is 5.86. The molecule has 16 heavy (non-hydrogen) atoms. The fourth-order valence-electron chi connectivity index (χ4n) is 1.82. The fraction of sp³-hybridized carbons (Fsp3) is 0.545. The second-order valence-corrected chi connectivity index (χ2v) is 3.96. The summed E-state index contributed by atoms with van der Waals surface area (Å²) in [5.74, 6) is 1.74. The van der Waals surface area contributed by atoms with E-state index in [-0.39, 0.29) is 6.04 Å². The van der Waals surface area contributed by atoms with E-state index in [1.54, 1.807) is 7.11 Å². The minimum atomic E-state index is -0.0707. The molecule has 1 unspecified atom stereocenters. The molecule has 0 N–H and O–H groups in total. The van der Waals surface area contributed by atoms with Crippen molar-refractivity contribution in [2.45, 2.75) is 26.8 Å². The van der Waals surface area contributed by atoms with Gasteiger partial charge in [-0.1, -0.05) is 0 Å². The molecule has 1 atom stereocenters. The van der Waals surface area contributed by atoms with Gasteiger partial charge in [0.15, 0.2) is 5.82 Å². The van der Waals surface area contributed by atoms with Crippen LogP contribution in [-0.4, -0.2) is 34.7 Å². The molecule has 5 heteroatoms. The Hall–Kier alpha value is -1.49. The summed E-state index contributed by atoms with van der Waals surface area (Å²) >= 11 is 0. The second kappa shape index (κ2) is 4.17. The molecule has 0 aromatic carbocycles. The summed E-state index contributed by atoms with van der Waals surface area (Å²) < 4.78 is 7.21. The van der Waals surface area contributed by atoms with Crippen LogP contribution in [0.15, 0.2) is 10.6 Å². The molecule has 0 radical (unpaired) electrons. The smallest absolute Gasteiger partial charge is 0.164 e. The topological polar surface area (TPSA) is 52.3 Å². The molecule has 86 valence electrons. The van der Waals surface area contributed by atoms with Crippen LogP contribution in [0, 0.1) is 6.92 Å². The van der Waals surface area contributed by atoms with Crippen molar-refractivity contribution < 1.29 is 4.74 Å². The number of ether oxygens (including phenoxy) is 1. The van der Waals surface area contributed by atoms with Gasteiger partial charge < -0.3 is 4.74 Å². The standard InChI is InChI=1S/C11H16N4O/c1-7-5-12-10(6-16-4)11-14-13-9(3)15(11)8(7)2/h5,10H,6H2,1-4H3. The third-order valence-electron chi connectivity index (χ3n) is 2.83. The highest BCUT2D eigenvalue weighted by Crippen LogP contribution is 2.24. The number of fused-ring (bicyclic) bond motifs is 1. The highest BCUT2D eigenvalue weighted by atomic mass is 16.5. The molecule has 1 aliphatic rings. The largest absolute Gasteiger partial charge is 0.382 e. The van der Waals surface area contributed by atoms with Gasteiger partial charge in [-0.2, -0.15) is 0 Å². The molecule has 0 aliphatic carbocycles. The van der Waals surface area contributed by atoms with Crippen LogP contribution in [-0.2, 0) is 4.74 Å². The van der Waals surface area contributed by atoms with E-state index in [9.17, 15) is 0 Å². The Morgan fingerprint density at radius 3 is 2.75 bits per heavy atom. The Labute approximate surface area is 94.9 Å². The van der Waals surface area contributed by atoms with Crippen molar-refractivity contribution in [1.82, 2.24) is 14.8 Å². The average Bonchev–Trinajstić information content (AvgIpc) is 2.59. The molecule has 2 heterocycles. The lowest BCUT2D eigenvalue weighted by Gasteiger charge is -2.11. The number of rotatable bonds is 2. The van der Waals surface area contributed by atoms with E-state index < -0.39 is 0 Å². The number of allylic oxidation sites excluding steroid dienone is 2. The Balaban J connectivity index is 2.55. The van der Waals surface area contributed by atoms with Crippen LogP contribution >= 0.6 is 0 Å². The molecule has 0 amide bonds. The average molecular weight is 220 g/mol. The first kappa shape index (κ1) is 11.0. The van der Waals surface area contributed by atoms with E-state index in [0.29, 0.717) is 6.61 Å². The summed E-state index contributed by atoms with van der Waals surface area (Å²) in [4.78, 5) is 4.47. The first-order chi connectivity index (χ1) is 7.65. The highest BCUT2D eigenvalue weighted by Gasteiger charge is 2.22. The summed E-state index contributed by atoms with van der Waals surface area (Å²) in [5, 5.41) is 8.29. The molecule has 0 saturated carbocycles. The van der Waals surface area contributed by atoms with Crippen molar-refractivity contribution in [3.05, 3.63) is 17.2 Å². The maximum Gasteiger partial charge on any atom is 0.164 e. The third kappa shape index (κ3) is 1.67. The van der Waals surface area contributed by atoms with Gasteiger partial charge in [0.05, 0.1) is 6.61 Å². The van der Waals surface area contributed by atoms with Crippen molar-refractivity contribution >= 4 is 11.9 Å². The van der Waals surface area contributed by atoms with Crippen LogP contribution < -0.4 is 0 Å². The predicted molar refractivity (Wildman–Crippen MR) is 62.4 cm³/mol. The number of aliphatic imine (C=N–C) groups is 1. The quantitative estimate of drug-likeness (QED) is 0.760. The molecule has 1 aliphatic heterocycles. The third-order valence-corrected chi connectivity index (χ3v) is 2.83. The molecule has 0 spiro atoms. The summed E-state index contributed by atoms with van der Waals surface area (Å²) in [6, 6.07) is -0.0707. The van der Waals surface area contributed by atoms with E-state index in [2.05, 4.69) is 22.1 Å². The van der Waals surface area contributed by atoms with Crippen LogP contribution in [0.25, 0.3) is 5.70 Å². The lowest BCUT2D eigenvalue weighted by molar-refractivity contribution is 0.178. The van der Waals surface area contributed by atoms with Gasteiger partial charge in [0.2, 0.25) is 0 Å². The maximum atomic E-state index is 5.16. The zero-order valence-electron chi connectivity index (χ0n) is 10.1. The van der Waals surface area contributed by atoms with Crippen LogP contribution in [0.1, 0.15) is 31.5 Å². The molecule has 0 fully saturated rings. The summed E-state index contributed by atoms with van der Waals surface area (Å²) in [6.45, 7) is 6.56. The van der Waals surface area contributed by atoms with E-state index in [4.69, 9.17) is 4.74 Å². The molecule has 1 aromatic rings. The number of methoxy groups -OCH3 is 1. The van der Waals surface area contributed by atoms with E-state index in [0.717, 1.165) is 22.9 Å². The van der Waals surface area contributed by atoms with Crippen LogP contribution in [0.3, 0.4) is 0 Å². The van der Waals surface area contributed by atoms with Gasteiger partial charge in [-0.15, -0.1) is 10.2 Å². The summed E-state index contributed by atoms with van der Waals surface area (Å²) in [5.41, 5.74) is 2.25. The Morgan fingerprint density at radius 2 is 2.06 bits per heavy atom. The lowest BCUT2D eigenvalue weighted by atomic mass is 10.2. The van der Waals surface area contributed by atoms with Gasteiger partial charge in [-0.05, 0) is 26.3 Å². The first-order valence-corrected chi connectivity index (χ1v) is 5.27. The second-order valence-electron chi connectivity index (χ2n) is 3.96. The van der Waals surface area contributed by atoms with Crippen molar-refractivity contribution in [3.8, 4) is 0 Å². The van der Waals surface area contributed by atoms with Crippen molar-refractivity contribution in [1.29, 1.82) is 0 Å². The summed E-state index contributed by atoms with van der Waals surface area (Å²) in [7, 11) is 1.67. The zero-order valence-corrected chi connectivity index (χ0v) is 10.1. The number of aryl methyl sites for hydroxylation is 1. The molecule has 5 nitrogen and oxygen atoms in total. The van der Waals surface area contributed by atoms with E-state index in [1.165, 1.54) is 0 Å². The van der Waals surface area contributed by atoms with Gasteiger partial charge in [0, 0.05) is 19.0 Å². The summed E-state index contributed by atoms with van der Waals surface area (Å²) in [6.07, 6.45) is 1.88. The lowest BCUT2D eigenvalue weighted by Crippen LogP contribution is -2.10. The van der Waals surface area contributed by atoms with Gasteiger partial charge >= 0.3 is 0 Å². The van der Waals surface area contributed by atoms with Gasteiger partial charge in [-0.25, -0.2) is 0 Å². The first-order valence-electron chi connectivity index (χ1n) is 5.27. The molecular formula is C11H16N4O. The molecule has 0 bridgehead atoms. The zero-order chi connectivity index (χ0) is 11.7. The van der Waals surface area contributed by atoms with Gasteiger partial charge in [0.25, 0.3) is 0 Å². The molecule has 0 saturated heterocycles. The Bertz CT molecular complexity index is 459. The monoisotopic (exact) mass is 220 g/mol. The van der Waals surface area contributed by atoms with Crippen molar-refractivity contribution in [3.63, 3.8) is 0 Å². The van der Waals surface area contributed by atoms with Gasteiger partial charge in [0.1, 0.15) is 11.9 Å². The number of hydrogen-bond acceptors (Lipinski definition) is 4. The van der Waals surface area contributed by atoms with Crippen LogP contribution in [0.5, 0.6) is 0 Å². The van der Waals surface area contributed by atoms with Crippen molar-refractivity contribution in [2.24, 2.45) is 4.99 Å². The molecule has 1 aromatic heterocycles. The predicted octanol–water partition coefficient (Wildman–Crippen LogP) is 1.61. The fourth-order valence-corrected chi connectivity index (χ4v) is 1.82. The SMILES string of the molecule is COCC1N=CC(C)=C(C)n2c(C)nnc21. The normalized spacial score (nSPS) is 19.9. The molecule has 2 rings (SSSR count). The van der Waals surface area contributed by atoms with Crippen LogP contribution in [0.2, 0.25) is 0 Å². The molecular weight excluding hydrogens is 204 g/mol. The Kier molecular flexibility index (Phi) is 2.87. The minimum absolute atomic E-state index is 0.0707. The minimum Gasteiger partial charge on any atom is -0.382 e. The van der Waals surface area contributed by atoms with E-state index in [1.807, 2.05) is 24.6 Å².